The monoisotopic (exact) mass is 425 g/mol. The minimum Gasteiger partial charge on any atom is -0.481 e. The van der Waals surface area contributed by atoms with Crippen molar-refractivity contribution in [1.29, 1.82) is 0 Å². The summed E-state index contributed by atoms with van der Waals surface area (Å²) < 4.78 is 35.2. The van der Waals surface area contributed by atoms with E-state index in [9.17, 15) is 9.18 Å². The van der Waals surface area contributed by atoms with E-state index in [1.807, 2.05) is 0 Å². The van der Waals surface area contributed by atoms with Gasteiger partial charge in [0.2, 0.25) is 5.88 Å². The Hall–Kier alpha value is -2.45. The Bertz CT molecular complexity index is 825. The van der Waals surface area contributed by atoms with E-state index in [1.54, 1.807) is 18.2 Å². The minimum absolute atomic E-state index is 0.0613. The Kier molecular flexibility index (Phi) is 7.11. The van der Waals surface area contributed by atoms with E-state index in [1.165, 1.54) is 39.5 Å². The first-order valence-electron chi connectivity index (χ1n) is 7.42. The number of hydrogen-bond donors (Lipinski definition) is 0. The van der Waals surface area contributed by atoms with E-state index >= 15 is 0 Å². The number of pyridine rings is 1. The molecule has 0 bridgehead atoms. The summed E-state index contributed by atoms with van der Waals surface area (Å²) in [7, 11) is 4.18. The summed E-state index contributed by atoms with van der Waals surface area (Å²) in [6.07, 6.45) is 1.25. The molecule has 0 spiro atoms. The maximum absolute atomic E-state index is 14.8. The van der Waals surface area contributed by atoms with Crippen LogP contribution in [-0.2, 0) is 9.47 Å². The highest BCUT2D eigenvalue weighted by Gasteiger charge is 2.14. The second-order valence-electron chi connectivity index (χ2n) is 4.97. The summed E-state index contributed by atoms with van der Waals surface area (Å²) in [4.78, 5) is 15.8. The lowest BCUT2D eigenvalue weighted by atomic mass is 10.1. The number of rotatable bonds is 7. The van der Waals surface area contributed by atoms with Gasteiger partial charge in [-0.05, 0) is 40.2 Å². The normalized spacial score (nSPS) is 11.2. The molecule has 0 unspecified atom stereocenters. The number of carbonyl (C=O) groups is 1. The third-order valence-electron chi connectivity index (χ3n) is 3.30. The average molecular weight is 426 g/mol. The molecule has 1 aromatic heterocycles. The molecule has 0 saturated carbocycles. The first kappa shape index (κ1) is 19.9. The van der Waals surface area contributed by atoms with E-state index in [4.69, 9.17) is 14.2 Å². The maximum atomic E-state index is 14.8. The van der Waals surface area contributed by atoms with Crippen molar-refractivity contribution in [1.82, 2.24) is 4.98 Å². The highest BCUT2D eigenvalue weighted by molar-refractivity contribution is 9.10. The van der Waals surface area contributed by atoms with Crippen LogP contribution in [0.15, 0.2) is 34.8 Å². The first-order valence-corrected chi connectivity index (χ1v) is 8.21. The van der Waals surface area contributed by atoms with E-state index in [0.29, 0.717) is 10.0 Å². The second kappa shape index (κ2) is 9.30. The largest absolute Gasteiger partial charge is 0.481 e. The van der Waals surface area contributed by atoms with Gasteiger partial charge in [-0.15, -0.1) is 0 Å². The number of halogens is 2. The predicted molar refractivity (Wildman–Crippen MR) is 97.8 cm³/mol. The van der Waals surface area contributed by atoms with Gasteiger partial charge >= 0.3 is 5.97 Å². The fourth-order valence-corrected chi connectivity index (χ4v) is 2.47. The molecule has 0 aliphatic heterocycles. The van der Waals surface area contributed by atoms with Crippen LogP contribution in [0.3, 0.4) is 0 Å². The molecule has 0 aliphatic carbocycles. The number of aromatic nitrogens is 1. The number of nitrogens with zero attached hydrogens (tertiary/aromatic N) is 1. The lowest BCUT2D eigenvalue weighted by molar-refractivity contribution is 0.0502. The zero-order valence-electron chi connectivity index (χ0n) is 14.4. The second-order valence-corrected chi connectivity index (χ2v) is 5.83. The summed E-state index contributed by atoms with van der Waals surface area (Å²) in [5.74, 6) is -0.586. The Morgan fingerprint density at radius 3 is 2.65 bits per heavy atom. The Morgan fingerprint density at radius 1 is 1.23 bits per heavy atom. The van der Waals surface area contributed by atoms with Crippen LogP contribution >= 0.6 is 15.9 Å². The van der Waals surface area contributed by atoms with Crippen LogP contribution in [0.4, 0.5) is 4.39 Å². The maximum Gasteiger partial charge on any atom is 0.337 e. The highest BCUT2D eigenvalue weighted by atomic mass is 79.9. The zero-order chi connectivity index (χ0) is 19.1. The molecule has 6 nitrogen and oxygen atoms in total. The third kappa shape index (κ3) is 4.80. The van der Waals surface area contributed by atoms with E-state index in [-0.39, 0.29) is 29.7 Å². The van der Waals surface area contributed by atoms with Crippen LogP contribution in [0.5, 0.6) is 11.6 Å². The van der Waals surface area contributed by atoms with Crippen molar-refractivity contribution in [2.75, 3.05) is 28.1 Å². The molecule has 1 aromatic carbocycles. The lowest BCUT2D eigenvalue weighted by Gasteiger charge is -2.10. The quantitative estimate of drug-likeness (QED) is 0.491. The standard InChI is InChI=1S/C18H17BrFNO5/c1-23-10-26-15-9-12(18(22)25-3)5-4-11(15)8-14(20)17-13(19)6-7-16(21-17)24-2/h4-9H,10H2,1-3H3. The summed E-state index contributed by atoms with van der Waals surface area (Å²) >= 11 is 3.26. The van der Waals surface area contributed by atoms with Crippen molar-refractivity contribution in [2.24, 2.45) is 0 Å². The molecule has 2 aromatic rings. The molecule has 0 amide bonds. The molecular weight excluding hydrogens is 409 g/mol. The summed E-state index contributed by atoms with van der Waals surface area (Å²) in [6.45, 7) is -0.0613. The summed E-state index contributed by atoms with van der Waals surface area (Å²) in [6, 6.07) is 7.76. The Morgan fingerprint density at radius 2 is 2.00 bits per heavy atom. The smallest absolute Gasteiger partial charge is 0.337 e. The van der Waals surface area contributed by atoms with Crippen LogP contribution in [-0.4, -0.2) is 39.1 Å². The highest BCUT2D eigenvalue weighted by Crippen LogP contribution is 2.30. The third-order valence-corrected chi connectivity index (χ3v) is 3.94. The van der Waals surface area contributed by atoms with Gasteiger partial charge in [-0.2, -0.15) is 0 Å². The number of ether oxygens (including phenoxy) is 4. The average Bonchev–Trinajstić information content (AvgIpc) is 2.66. The van der Waals surface area contributed by atoms with Crippen molar-refractivity contribution in [2.45, 2.75) is 0 Å². The van der Waals surface area contributed by atoms with Crippen LogP contribution in [0.1, 0.15) is 21.6 Å². The van der Waals surface area contributed by atoms with Gasteiger partial charge in [0.25, 0.3) is 0 Å². The lowest BCUT2D eigenvalue weighted by Crippen LogP contribution is -2.05. The van der Waals surface area contributed by atoms with E-state index in [2.05, 4.69) is 25.7 Å². The molecule has 8 heteroatoms. The van der Waals surface area contributed by atoms with Crippen molar-refractivity contribution >= 4 is 33.8 Å². The minimum atomic E-state index is -0.608. The van der Waals surface area contributed by atoms with Gasteiger partial charge < -0.3 is 18.9 Å². The summed E-state index contributed by atoms with van der Waals surface area (Å²) in [5, 5.41) is 0. The van der Waals surface area contributed by atoms with Crippen molar-refractivity contribution in [3.8, 4) is 11.6 Å². The van der Waals surface area contributed by atoms with Gasteiger partial charge in [0, 0.05) is 23.2 Å². The molecule has 0 fully saturated rings. The Labute approximate surface area is 158 Å². The topological polar surface area (TPSA) is 66.9 Å². The van der Waals surface area contributed by atoms with Crippen molar-refractivity contribution in [3.05, 3.63) is 51.6 Å². The van der Waals surface area contributed by atoms with E-state index in [0.717, 1.165) is 0 Å². The van der Waals surface area contributed by atoms with Crippen molar-refractivity contribution < 1.29 is 28.1 Å². The van der Waals surface area contributed by atoms with Crippen LogP contribution < -0.4 is 9.47 Å². The molecular formula is C18H17BrFNO5. The number of carbonyl (C=O) groups excluding carboxylic acids is 1. The summed E-state index contributed by atoms with van der Waals surface area (Å²) in [5.41, 5.74) is 0.764. The SMILES string of the molecule is COCOc1cc(C(=O)OC)ccc1C=C(F)c1nc(OC)ccc1Br. The van der Waals surface area contributed by atoms with Gasteiger partial charge in [0.15, 0.2) is 12.6 Å². The molecule has 26 heavy (non-hydrogen) atoms. The number of hydrogen-bond acceptors (Lipinski definition) is 6. The Balaban J connectivity index is 2.45. The molecule has 1 heterocycles. The van der Waals surface area contributed by atoms with Gasteiger partial charge in [-0.1, -0.05) is 6.07 Å². The van der Waals surface area contributed by atoms with Crippen LogP contribution in [0.25, 0.3) is 11.9 Å². The number of esters is 1. The molecule has 0 saturated heterocycles. The molecule has 0 aliphatic rings. The van der Waals surface area contributed by atoms with Crippen LogP contribution in [0, 0.1) is 0 Å². The molecule has 2 rings (SSSR count). The van der Waals surface area contributed by atoms with Gasteiger partial charge in [-0.25, -0.2) is 14.2 Å². The van der Waals surface area contributed by atoms with Gasteiger partial charge in [0.1, 0.15) is 11.4 Å². The molecule has 0 radical (unpaired) electrons. The predicted octanol–water partition coefficient (Wildman–Crippen LogP) is 4.09. The zero-order valence-corrected chi connectivity index (χ0v) is 16.0. The fraction of sp³-hybridized carbons (Fsp3) is 0.222. The van der Waals surface area contributed by atoms with Gasteiger partial charge in [-0.3, -0.25) is 0 Å². The van der Waals surface area contributed by atoms with Crippen molar-refractivity contribution in [3.63, 3.8) is 0 Å². The van der Waals surface area contributed by atoms with Gasteiger partial charge in [0.05, 0.1) is 19.8 Å². The van der Waals surface area contributed by atoms with Crippen LogP contribution in [0.2, 0.25) is 0 Å². The number of benzene rings is 1. The molecule has 0 atom stereocenters. The molecule has 0 N–H and O–H groups in total. The number of methoxy groups -OCH3 is 3. The molecule has 138 valence electrons. The van der Waals surface area contributed by atoms with E-state index < -0.39 is 11.8 Å². The first-order chi connectivity index (χ1) is 12.5. The fourth-order valence-electron chi connectivity index (χ4n) is 2.06.